The molecule has 0 aliphatic heterocycles. The predicted molar refractivity (Wildman–Crippen MR) is 63.5 cm³/mol. The Balaban J connectivity index is 2.11. The molecule has 0 spiro atoms. The van der Waals surface area contributed by atoms with Crippen LogP contribution in [0.1, 0.15) is 15.2 Å². The molecular formula is C10H10N4OS. The number of hydrogen-bond donors (Lipinski definition) is 2. The van der Waals surface area contributed by atoms with E-state index < -0.39 is 0 Å². The summed E-state index contributed by atoms with van der Waals surface area (Å²) in [4.78, 5) is 20.6. The van der Waals surface area contributed by atoms with Gasteiger partial charge in [-0.3, -0.25) is 10.1 Å². The molecule has 0 unspecified atom stereocenters. The number of amides is 1. The van der Waals surface area contributed by atoms with Gasteiger partial charge in [-0.05, 0) is 19.1 Å². The first-order chi connectivity index (χ1) is 7.65. The van der Waals surface area contributed by atoms with Gasteiger partial charge in [0.05, 0.1) is 5.56 Å². The highest BCUT2D eigenvalue weighted by Crippen LogP contribution is 2.17. The van der Waals surface area contributed by atoms with E-state index in [0.29, 0.717) is 16.5 Å². The van der Waals surface area contributed by atoms with Crippen molar-refractivity contribution in [3.8, 4) is 0 Å². The maximum Gasteiger partial charge on any atom is 0.259 e. The SMILES string of the molecule is Cc1cnc(NC(=O)c2ccc(N)nc2)s1. The maximum absolute atomic E-state index is 11.7. The van der Waals surface area contributed by atoms with Crippen LogP contribution in [-0.4, -0.2) is 15.9 Å². The lowest BCUT2D eigenvalue weighted by atomic mass is 10.2. The Kier molecular flexibility index (Phi) is 2.82. The zero-order chi connectivity index (χ0) is 11.5. The number of pyridine rings is 1. The predicted octanol–water partition coefficient (Wildman–Crippen LogP) is 1.68. The Labute approximate surface area is 96.3 Å². The molecule has 2 rings (SSSR count). The number of carbonyl (C=O) groups excluding carboxylic acids is 1. The summed E-state index contributed by atoms with van der Waals surface area (Å²) in [5, 5.41) is 3.27. The van der Waals surface area contributed by atoms with Gasteiger partial charge in [-0.1, -0.05) is 0 Å². The second kappa shape index (κ2) is 4.28. The van der Waals surface area contributed by atoms with Gasteiger partial charge in [0.25, 0.3) is 5.91 Å². The smallest absolute Gasteiger partial charge is 0.259 e. The van der Waals surface area contributed by atoms with Crippen LogP contribution >= 0.6 is 11.3 Å². The number of carbonyl (C=O) groups is 1. The minimum atomic E-state index is -0.234. The zero-order valence-corrected chi connectivity index (χ0v) is 9.41. The first-order valence-corrected chi connectivity index (χ1v) is 5.42. The lowest BCUT2D eigenvalue weighted by molar-refractivity contribution is 0.102. The molecule has 6 heteroatoms. The van der Waals surface area contributed by atoms with Crippen molar-refractivity contribution in [2.75, 3.05) is 11.1 Å². The number of nitrogen functional groups attached to an aromatic ring is 1. The molecular weight excluding hydrogens is 224 g/mol. The fourth-order valence-electron chi connectivity index (χ4n) is 1.12. The summed E-state index contributed by atoms with van der Waals surface area (Å²) in [5.41, 5.74) is 5.89. The van der Waals surface area contributed by atoms with Crippen molar-refractivity contribution in [3.05, 3.63) is 35.0 Å². The van der Waals surface area contributed by atoms with Crippen molar-refractivity contribution in [2.45, 2.75) is 6.92 Å². The largest absolute Gasteiger partial charge is 0.384 e. The van der Waals surface area contributed by atoms with Crippen LogP contribution in [0.3, 0.4) is 0 Å². The van der Waals surface area contributed by atoms with Crippen LogP contribution in [0.15, 0.2) is 24.5 Å². The van der Waals surface area contributed by atoms with Crippen molar-refractivity contribution >= 4 is 28.2 Å². The van der Waals surface area contributed by atoms with Gasteiger partial charge in [0.2, 0.25) is 0 Å². The molecule has 0 radical (unpaired) electrons. The number of aromatic nitrogens is 2. The van der Waals surface area contributed by atoms with Crippen LogP contribution in [-0.2, 0) is 0 Å². The number of thiazole rings is 1. The van der Waals surface area contributed by atoms with Gasteiger partial charge in [0.1, 0.15) is 5.82 Å². The monoisotopic (exact) mass is 234 g/mol. The van der Waals surface area contributed by atoms with Crippen molar-refractivity contribution in [2.24, 2.45) is 0 Å². The number of rotatable bonds is 2. The number of nitrogens with zero attached hydrogens (tertiary/aromatic N) is 2. The van der Waals surface area contributed by atoms with Crippen molar-refractivity contribution < 1.29 is 4.79 Å². The molecule has 5 nitrogen and oxygen atoms in total. The number of nitrogens with one attached hydrogen (secondary N) is 1. The highest BCUT2D eigenvalue weighted by atomic mass is 32.1. The maximum atomic E-state index is 11.7. The third-order valence-corrected chi connectivity index (χ3v) is 2.72. The molecule has 0 saturated heterocycles. The molecule has 0 aromatic carbocycles. The summed E-state index contributed by atoms with van der Waals surface area (Å²) >= 11 is 1.43. The first kappa shape index (κ1) is 10.6. The second-order valence-electron chi connectivity index (χ2n) is 3.20. The summed E-state index contributed by atoms with van der Waals surface area (Å²) < 4.78 is 0. The van der Waals surface area contributed by atoms with Crippen LogP contribution in [0.4, 0.5) is 10.9 Å². The molecule has 2 heterocycles. The lowest BCUT2D eigenvalue weighted by Gasteiger charge is -2.00. The minimum absolute atomic E-state index is 0.234. The van der Waals surface area contributed by atoms with E-state index in [-0.39, 0.29) is 5.91 Å². The first-order valence-electron chi connectivity index (χ1n) is 4.60. The van der Waals surface area contributed by atoms with Crippen LogP contribution in [0, 0.1) is 6.92 Å². The second-order valence-corrected chi connectivity index (χ2v) is 4.44. The van der Waals surface area contributed by atoms with E-state index in [2.05, 4.69) is 15.3 Å². The molecule has 2 aromatic rings. The number of aryl methyl sites for hydroxylation is 1. The number of anilines is 2. The summed E-state index contributed by atoms with van der Waals surface area (Å²) in [6.07, 6.45) is 3.15. The van der Waals surface area contributed by atoms with Gasteiger partial charge >= 0.3 is 0 Å². The summed E-state index contributed by atoms with van der Waals surface area (Å²) in [6, 6.07) is 3.21. The van der Waals surface area contributed by atoms with Gasteiger partial charge < -0.3 is 5.73 Å². The average Bonchev–Trinajstić information content (AvgIpc) is 2.65. The molecule has 16 heavy (non-hydrogen) atoms. The van der Waals surface area contributed by atoms with Crippen LogP contribution in [0.25, 0.3) is 0 Å². The summed E-state index contributed by atoms with van der Waals surface area (Å²) in [5.74, 6) is 0.156. The van der Waals surface area contributed by atoms with Gasteiger partial charge in [-0.25, -0.2) is 9.97 Å². The third kappa shape index (κ3) is 2.34. The van der Waals surface area contributed by atoms with E-state index in [9.17, 15) is 4.79 Å². The van der Waals surface area contributed by atoms with Crippen molar-refractivity contribution in [1.82, 2.24) is 9.97 Å². The van der Waals surface area contributed by atoms with E-state index >= 15 is 0 Å². The molecule has 0 aliphatic rings. The van der Waals surface area contributed by atoms with Crippen LogP contribution in [0.2, 0.25) is 0 Å². The van der Waals surface area contributed by atoms with E-state index in [4.69, 9.17) is 5.73 Å². The summed E-state index contributed by atoms with van der Waals surface area (Å²) in [7, 11) is 0. The van der Waals surface area contributed by atoms with Crippen molar-refractivity contribution in [1.29, 1.82) is 0 Å². The standard InChI is InChI=1S/C10H10N4OS/c1-6-4-13-10(16-6)14-9(15)7-2-3-8(11)12-5-7/h2-5H,1H3,(H2,11,12)(H,13,14,15). The van der Waals surface area contributed by atoms with Gasteiger partial charge in [-0.15, -0.1) is 11.3 Å². The Morgan fingerprint density at radius 2 is 2.19 bits per heavy atom. The Morgan fingerprint density at radius 1 is 1.38 bits per heavy atom. The normalized spacial score (nSPS) is 10.1. The van der Waals surface area contributed by atoms with Crippen LogP contribution in [0.5, 0.6) is 0 Å². The lowest BCUT2D eigenvalue weighted by Crippen LogP contribution is -2.12. The van der Waals surface area contributed by atoms with Crippen LogP contribution < -0.4 is 11.1 Å². The van der Waals surface area contributed by atoms with E-state index in [1.165, 1.54) is 17.5 Å². The molecule has 3 N–H and O–H groups in total. The molecule has 1 amide bonds. The van der Waals surface area contributed by atoms with E-state index in [1.807, 2.05) is 6.92 Å². The van der Waals surface area contributed by atoms with Crippen molar-refractivity contribution in [3.63, 3.8) is 0 Å². The molecule has 0 bridgehead atoms. The molecule has 0 aliphatic carbocycles. The van der Waals surface area contributed by atoms with Gasteiger partial charge in [0, 0.05) is 17.3 Å². The van der Waals surface area contributed by atoms with Gasteiger partial charge in [0.15, 0.2) is 5.13 Å². The summed E-state index contributed by atoms with van der Waals surface area (Å²) in [6.45, 7) is 1.93. The Bertz CT molecular complexity index is 506. The average molecular weight is 234 g/mol. The Hall–Kier alpha value is -1.95. The minimum Gasteiger partial charge on any atom is -0.384 e. The van der Waals surface area contributed by atoms with E-state index in [0.717, 1.165) is 4.88 Å². The molecule has 0 atom stereocenters. The molecule has 0 saturated carbocycles. The molecule has 0 fully saturated rings. The quantitative estimate of drug-likeness (QED) is 0.828. The van der Waals surface area contributed by atoms with E-state index in [1.54, 1.807) is 18.3 Å². The highest BCUT2D eigenvalue weighted by Gasteiger charge is 2.08. The number of nitrogens with two attached hydrogens (primary N) is 1. The molecule has 2 aromatic heterocycles. The number of hydrogen-bond acceptors (Lipinski definition) is 5. The molecule has 82 valence electrons. The topological polar surface area (TPSA) is 80.9 Å². The zero-order valence-electron chi connectivity index (χ0n) is 8.60. The fraction of sp³-hybridized carbons (Fsp3) is 0.100. The highest BCUT2D eigenvalue weighted by molar-refractivity contribution is 7.15. The third-order valence-electron chi connectivity index (χ3n) is 1.89. The van der Waals surface area contributed by atoms with Gasteiger partial charge in [-0.2, -0.15) is 0 Å². The Morgan fingerprint density at radius 3 is 2.75 bits per heavy atom. The fourth-order valence-corrected chi connectivity index (χ4v) is 1.78.